The molecule has 1 fully saturated rings. The Bertz CT molecular complexity index is 317. The summed E-state index contributed by atoms with van der Waals surface area (Å²) in [5, 5.41) is 3.61. The molecule has 2 heterocycles. The van der Waals surface area contributed by atoms with Crippen LogP contribution >= 0.6 is 0 Å². The van der Waals surface area contributed by atoms with Crippen LogP contribution in [0.4, 0.5) is 0 Å². The molecule has 17 heavy (non-hydrogen) atoms. The number of aromatic amines is 1. The molecule has 0 aromatic carbocycles. The highest BCUT2D eigenvalue weighted by Gasteiger charge is 2.38. The summed E-state index contributed by atoms with van der Waals surface area (Å²) < 4.78 is 5.94. The van der Waals surface area contributed by atoms with Crippen molar-refractivity contribution in [3.8, 4) is 0 Å². The van der Waals surface area contributed by atoms with Gasteiger partial charge in [0.2, 0.25) is 0 Å². The van der Waals surface area contributed by atoms with Gasteiger partial charge < -0.3 is 15.0 Å². The SMILES string of the molecule is CCCNC(Cc1ncc[nH]1)C1(C)CCCO1. The van der Waals surface area contributed by atoms with Crippen LogP contribution in [0.25, 0.3) is 0 Å². The van der Waals surface area contributed by atoms with Crippen molar-refractivity contribution in [2.24, 2.45) is 0 Å². The van der Waals surface area contributed by atoms with Crippen molar-refractivity contribution < 1.29 is 4.74 Å². The Morgan fingerprint density at radius 2 is 2.53 bits per heavy atom. The lowest BCUT2D eigenvalue weighted by Crippen LogP contribution is -2.50. The quantitative estimate of drug-likeness (QED) is 0.794. The Balaban J connectivity index is 2.02. The van der Waals surface area contributed by atoms with Crippen LogP contribution in [-0.4, -0.2) is 34.8 Å². The van der Waals surface area contributed by atoms with E-state index in [1.807, 2.05) is 12.4 Å². The third-order valence-corrected chi connectivity index (χ3v) is 3.58. The van der Waals surface area contributed by atoms with Crippen LogP contribution in [0.5, 0.6) is 0 Å². The molecule has 2 atom stereocenters. The molecule has 4 nitrogen and oxygen atoms in total. The van der Waals surface area contributed by atoms with Crippen LogP contribution < -0.4 is 5.32 Å². The number of ether oxygens (including phenoxy) is 1. The third-order valence-electron chi connectivity index (χ3n) is 3.58. The highest BCUT2D eigenvalue weighted by Crippen LogP contribution is 2.29. The van der Waals surface area contributed by atoms with Gasteiger partial charge in [0.15, 0.2) is 0 Å². The van der Waals surface area contributed by atoms with E-state index in [1.54, 1.807) is 0 Å². The molecule has 0 bridgehead atoms. The fourth-order valence-electron chi connectivity index (χ4n) is 2.50. The zero-order chi connectivity index (χ0) is 12.1. The van der Waals surface area contributed by atoms with Gasteiger partial charge in [0.25, 0.3) is 0 Å². The average molecular weight is 237 g/mol. The topological polar surface area (TPSA) is 49.9 Å². The molecule has 1 aliphatic heterocycles. The second-order valence-corrected chi connectivity index (χ2v) is 5.01. The molecule has 1 saturated heterocycles. The maximum Gasteiger partial charge on any atom is 0.107 e. The van der Waals surface area contributed by atoms with E-state index in [2.05, 4.69) is 29.1 Å². The Morgan fingerprint density at radius 3 is 3.12 bits per heavy atom. The highest BCUT2D eigenvalue weighted by molar-refractivity contribution is 5.00. The zero-order valence-electron chi connectivity index (χ0n) is 10.8. The average Bonchev–Trinajstić information content (AvgIpc) is 2.96. The molecule has 1 aliphatic rings. The van der Waals surface area contributed by atoms with Gasteiger partial charge in [-0.2, -0.15) is 0 Å². The van der Waals surface area contributed by atoms with Gasteiger partial charge >= 0.3 is 0 Å². The van der Waals surface area contributed by atoms with Crippen molar-refractivity contribution in [3.05, 3.63) is 18.2 Å². The minimum Gasteiger partial charge on any atom is -0.374 e. The van der Waals surface area contributed by atoms with Crippen LogP contribution in [0.1, 0.15) is 38.9 Å². The van der Waals surface area contributed by atoms with Gasteiger partial charge in [-0.25, -0.2) is 4.98 Å². The summed E-state index contributed by atoms with van der Waals surface area (Å²) in [7, 11) is 0. The van der Waals surface area contributed by atoms with Gasteiger partial charge in [-0.3, -0.25) is 0 Å². The standard InChI is InChI=1S/C13H23N3O/c1-3-6-14-11(10-12-15-7-8-16-12)13(2)5-4-9-17-13/h7-8,11,14H,3-6,9-10H2,1-2H3,(H,15,16). The van der Waals surface area contributed by atoms with E-state index in [0.29, 0.717) is 6.04 Å². The first-order valence-electron chi connectivity index (χ1n) is 6.60. The summed E-state index contributed by atoms with van der Waals surface area (Å²) in [5.74, 6) is 1.04. The number of imidazole rings is 1. The molecular formula is C13H23N3O. The van der Waals surface area contributed by atoms with Crippen molar-refractivity contribution in [1.29, 1.82) is 0 Å². The van der Waals surface area contributed by atoms with E-state index in [4.69, 9.17) is 4.74 Å². The first-order chi connectivity index (χ1) is 8.24. The largest absolute Gasteiger partial charge is 0.374 e. The summed E-state index contributed by atoms with van der Waals surface area (Å²) in [6, 6.07) is 0.344. The Morgan fingerprint density at radius 1 is 1.65 bits per heavy atom. The summed E-state index contributed by atoms with van der Waals surface area (Å²) in [4.78, 5) is 7.49. The minimum atomic E-state index is -0.0397. The summed E-state index contributed by atoms with van der Waals surface area (Å²) in [6.07, 6.45) is 8.04. The first kappa shape index (κ1) is 12.6. The van der Waals surface area contributed by atoms with E-state index < -0.39 is 0 Å². The van der Waals surface area contributed by atoms with Crippen LogP contribution in [0.15, 0.2) is 12.4 Å². The molecule has 0 aliphatic carbocycles. The Labute approximate surface area is 103 Å². The van der Waals surface area contributed by atoms with Crippen LogP contribution in [-0.2, 0) is 11.2 Å². The van der Waals surface area contributed by atoms with Gasteiger partial charge in [0.05, 0.1) is 5.60 Å². The first-order valence-corrected chi connectivity index (χ1v) is 6.60. The molecule has 96 valence electrons. The van der Waals surface area contributed by atoms with Gasteiger partial charge in [-0.15, -0.1) is 0 Å². The van der Waals surface area contributed by atoms with E-state index in [1.165, 1.54) is 6.42 Å². The number of rotatable bonds is 6. The van der Waals surface area contributed by atoms with Crippen molar-refractivity contribution in [1.82, 2.24) is 15.3 Å². The molecule has 4 heteroatoms. The molecule has 1 aromatic rings. The monoisotopic (exact) mass is 237 g/mol. The number of aromatic nitrogens is 2. The van der Waals surface area contributed by atoms with Gasteiger partial charge in [0.1, 0.15) is 5.82 Å². The number of hydrogen-bond donors (Lipinski definition) is 2. The second-order valence-electron chi connectivity index (χ2n) is 5.01. The normalized spacial score (nSPS) is 26.2. The molecule has 2 N–H and O–H groups in total. The Hall–Kier alpha value is -0.870. The maximum atomic E-state index is 5.94. The van der Waals surface area contributed by atoms with Crippen molar-refractivity contribution >= 4 is 0 Å². The fraction of sp³-hybridized carbons (Fsp3) is 0.769. The lowest BCUT2D eigenvalue weighted by molar-refractivity contribution is -0.0118. The predicted octanol–water partition coefficient (Wildman–Crippen LogP) is 1.89. The number of hydrogen-bond acceptors (Lipinski definition) is 3. The maximum absolute atomic E-state index is 5.94. The van der Waals surface area contributed by atoms with Crippen LogP contribution in [0.3, 0.4) is 0 Å². The smallest absolute Gasteiger partial charge is 0.107 e. The minimum absolute atomic E-state index is 0.0397. The Kier molecular flexibility index (Phi) is 4.18. The van der Waals surface area contributed by atoms with E-state index >= 15 is 0 Å². The summed E-state index contributed by atoms with van der Waals surface area (Å²) in [5.41, 5.74) is -0.0397. The molecule has 0 amide bonds. The summed E-state index contributed by atoms with van der Waals surface area (Å²) in [6.45, 7) is 6.33. The number of H-pyrrole nitrogens is 1. The lowest BCUT2D eigenvalue weighted by Gasteiger charge is -2.33. The lowest BCUT2D eigenvalue weighted by atomic mass is 9.90. The highest BCUT2D eigenvalue weighted by atomic mass is 16.5. The third kappa shape index (κ3) is 3.07. The van der Waals surface area contributed by atoms with E-state index in [9.17, 15) is 0 Å². The van der Waals surface area contributed by atoms with Crippen LogP contribution in [0.2, 0.25) is 0 Å². The molecule has 0 saturated carbocycles. The van der Waals surface area contributed by atoms with Gasteiger partial charge in [0, 0.05) is 31.5 Å². The zero-order valence-corrected chi connectivity index (χ0v) is 10.8. The number of nitrogens with zero attached hydrogens (tertiary/aromatic N) is 1. The molecule has 2 unspecified atom stereocenters. The molecular weight excluding hydrogens is 214 g/mol. The fourth-order valence-corrected chi connectivity index (χ4v) is 2.50. The molecule has 2 rings (SSSR count). The van der Waals surface area contributed by atoms with Crippen molar-refractivity contribution in [3.63, 3.8) is 0 Å². The molecule has 0 radical (unpaired) electrons. The summed E-state index contributed by atoms with van der Waals surface area (Å²) >= 11 is 0. The van der Waals surface area contributed by atoms with Gasteiger partial charge in [-0.05, 0) is 32.7 Å². The molecule has 0 spiro atoms. The van der Waals surface area contributed by atoms with E-state index in [-0.39, 0.29) is 5.60 Å². The van der Waals surface area contributed by atoms with E-state index in [0.717, 1.165) is 38.2 Å². The van der Waals surface area contributed by atoms with Crippen LogP contribution in [0, 0.1) is 0 Å². The number of nitrogens with one attached hydrogen (secondary N) is 2. The molecule has 1 aromatic heterocycles. The second kappa shape index (κ2) is 5.65. The van der Waals surface area contributed by atoms with Crippen molar-refractivity contribution in [2.75, 3.05) is 13.2 Å². The van der Waals surface area contributed by atoms with Crippen molar-refractivity contribution in [2.45, 2.75) is 51.2 Å². The van der Waals surface area contributed by atoms with Gasteiger partial charge in [-0.1, -0.05) is 6.92 Å². The predicted molar refractivity (Wildman–Crippen MR) is 68.0 cm³/mol.